The molecule has 2 heteroatoms. The van der Waals surface area contributed by atoms with Crippen molar-refractivity contribution in [1.82, 2.24) is 5.32 Å². The van der Waals surface area contributed by atoms with Crippen LogP contribution in [0.3, 0.4) is 0 Å². The number of hydrogen-bond acceptors (Lipinski definition) is 1. The van der Waals surface area contributed by atoms with Crippen molar-refractivity contribution in [3.63, 3.8) is 0 Å². The van der Waals surface area contributed by atoms with Crippen LogP contribution in [0.25, 0.3) is 0 Å². The molecule has 0 heterocycles. The molecule has 20 heavy (non-hydrogen) atoms. The summed E-state index contributed by atoms with van der Waals surface area (Å²) in [5, 5.41) is 4.40. The minimum absolute atomic E-state index is 0.151. The first-order valence-electron chi connectivity index (χ1n) is 7.24. The van der Waals surface area contributed by atoms with Gasteiger partial charge in [-0.1, -0.05) is 67.9 Å². The van der Waals surface area contributed by atoms with Gasteiger partial charge in [-0.2, -0.15) is 0 Å². The van der Waals surface area contributed by atoms with Crippen molar-refractivity contribution < 1.29 is 0 Å². The molecule has 0 amide bonds. The lowest BCUT2D eigenvalue weighted by Crippen LogP contribution is -2.22. The Balaban J connectivity index is 2.41. The lowest BCUT2D eigenvalue weighted by molar-refractivity contribution is 0.630. The third-order valence-corrected chi connectivity index (χ3v) is 4.18. The summed E-state index contributed by atoms with van der Waals surface area (Å²) in [7, 11) is 0. The van der Waals surface area contributed by atoms with E-state index in [-0.39, 0.29) is 6.04 Å². The molecule has 0 radical (unpaired) electrons. The number of halogens is 1. The van der Waals surface area contributed by atoms with Gasteiger partial charge in [0.1, 0.15) is 0 Å². The fraction of sp³-hybridized carbons (Fsp3) is 0.333. The van der Waals surface area contributed by atoms with Crippen LogP contribution in [0, 0.1) is 6.92 Å². The van der Waals surface area contributed by atoms with Gasteiger partial charge in [0.25, 0.3) is 0 Å². The van der Waals surface area contributed by atoms with Crippen LogP contribution in [0.1, 0.15) is 42.1 Å². The van der Waals surface area contributed by atoms with Crippen LogP contribution >= 0.6 is 11.6 Å². The van der Waals surface area contributed by atoms with Gasteiger partial charge < -0.3 is 5.32 Å². The zero-order valence-corrected chi connectivity index (χ0v) is 13.2. The smallest absolute Gasteiger partial charge is 0.0591 e. The van der Waals surface area contributed by atoms with E-state index < -0.39 is 0 Å². The van der Waals surface area contributed by atoms with E-state index in [1.165, 1.54) is 11.1 Å². The lowest BCUT2D eigenvalue weighted by Gasteiger charge is -2.21. The molecule has 0 spiro atoms. The summed E-state index contributed by atoms with van der Waals surface area (Å²) in [6.45, 7) is 7.25. The van der Waals surface area contributed by atoms with Gasteiger partial charge in [-0.05, 0) is 42.1 Å². The number of rotatable bonds is 5. The van der Waals surface area contributed by atoms with Gasteiger partial charge in [-0.15, -0.1) is 0 Å². The van der Waals surface area contributed by atoms with Gasteiger partial charge in [-0.25, -0.2) is 0 Å². The van der Waals surface area contributed by atoms with Crippen molar-refractivity contribution >= 4 is 11.6 Å². The highest BCUT2D eigenvalue weighted by molar-refractivity contribution is 6.32. The molecule has 1 nitrogen and oxygen atoms in total. The fourth-order valence-electron chi connectivity index (χ4n) is 2.45. The minimum atomic E-state index is 0.151. The number of benzene rings is 2. The summed E-state index contributed by atoms with van der Waals surface area (Å²) < 4.78 is 0. The Morgan fingerprint density at radius 3 is 2.35 bits per heavy atom. The molecule has 1 atom stereocenters. The van der Waals surface area contributed by atoms with Gasteiger partial charge in [0.2, 0.25) is 0 Å². The maximum Gasteiger partial charge on any atom is 0.0591 e. The van der Waals surface area contributed by atoms with Crippen molar-refractivity contribution in [2.75, 3.05) is 6.54 Å². The van der Waals surface area contributed by atoms with Crippen LogP contribution in [0.4, 0.5) is 0 Å². The Bertz CT molecular complexity index is 560. The van der Waals surface area contributed by atoms with E-state index in [1.807, 2.05) is 0 Å². The number of hydrogen-bond donors (Lipinski definition) is 1. The predicted molar refractivity (Wildman–Crippen MR) is 87.5 cm³/mol. The molecule has 0 aliphatic rings. The molecule has 0 aliphatic heterocycles. The number of nitrogens with one attached hydrogen (secondary N) is 1. The minimum Gasteiger partial charge on any atom is -0.306 e. The summed E-state index contributed by atoms with van der Waals surface area (Å²) in [4.78, 5) is 0. The van der Waals surface area contributed by atoms with Gasteiger partial charge in [0.15, 0.2) is 0 Å². The largest absolute Gasteiger partial charge is 0.306 e. The lowest BCUT2D eigenvalue weighted by atomic mass is 9.96. The van der Waals surface area contributed by atoms with Crippen molar-refractivity contribution in [2.24, 2.45) is 0 Å². The summed E-state index contributed by atoms with van der Waals surface area (Å²) >= 11 is 6.49. The van der Waals surface area contributed by atoms with Crippen molar-refractivity contribution in [1.29, 1.82) is 0 Å². The van der Waals surface area contributed by atoms with Crippen LogP contribution in [0.5, 0.6) is 0 Å². The van der Waals surface area contributed by atoms with E-state index in [1.54, 1.807) is 0 Å². The molecular weight excluding hydrogens is 266 g/mol. The summed E-state index contributed by atoms with van der Waals surface area (Å²) in [6, 6.07) is 15.2. The van der Waals surface area contributed by atoms with Gasteiger partial charge in [-0.3, -0.25) is 0 Å². The van der Waals surface area contributed by atoms with Crippen molar-refractivity contribution in [3.05, 3.63) is 69.7 Å². The van der Waals surface area contributed by atoms with Gasteiger partial charge >= 0.3 is 0 Å². The molecule has 1 unspecified atom stereocenters. The highest BCUT2D eigenvalue weighted by Gasteiger charge is 2.16. The molecule has 2 aromatic carbocycles. The molecule has 1 N–H and O–H groups in total. The molecule has 0 fully saturated rings. The molecule has 2 rings (SSSR count). The van der Waals surface area contributed by atoms with Crippen LogP contribution in [-0.2, 0) is 6.42 Å². The van der Waals surface area contributed by atoms with E-state index in [0.29, 0.717) is 0 Å². The Hall–Kier alpha value is -1.31. The second-order valence-corrected chi connectivity index (χ2v) is 5.44. The summed E-state index contributed by atoms with van der Waals surface area (Å²) in [5.74, 6) is 0. The zero-order chi connectivity index (χ0) is 14.5. The third-order valence-electron chi connectivity index (χ3n) is 3.66. The summed E-state index contributed by atoms with van der Waals surface area (Å²) in [6.07, 6.45) is 1.07. The molecule has 0 aliphatic carbocycles. The second-order valence-electron chi connectivity index (χ2n) is 5.06. The molecule has 106 valence electrons. The molecule has 0 bridgehead atoms. The second kappa shape index (κ2) is 6.92. The average molecular weight is 288 g/mol. The quantitative estimate of drug-likeness (QED) is 0.824. The molecular formula is C18H22ClN. The number of aryl methyl sites for hydroxylation is 2. The Morgan fingerprint density at radius 1 is 1.05 bits per heavy atom. The average Bonchev–Trinajstić information content (AvgIpc) is 2.48. The Morgan fingerprint density at radius 2 is 1.75 bits per heavy atom. The molecule has 0 saturated carbocycles. The Labute approximate surface area is 127 Å². The molecule has 0 aromatic heterocycles. The van der Waals surface area contributed by atoms with Gasteiger partial charge in [0.05, 0.1) is 6.04 Å². The summed E-state index contributed by atoms with van der Waals surface area (Å²) in [5.41, 5.74) is 4.89. The van der Waals surface area contributed by atoms with Crippen LogP contribution < -0.4 is 5.32 Å². The monoisotopic (exact) mass is 287 g/mol. The first-order valence-corrected chi connectivity index (χ1v) is 7.62. The van der Waals surface area contributed by atoms with Gasteiger partial charge in [0, 0.05) is 5.02 Å². The maximum atomic E-state index is 6.49. The van der Waals surface area contributed by atoms with Crippen molar-refractivity contribution in [3.8, 4) is 0 Å². The van der Waals surface area contributed by atoms with E-state index in [2.05, 4.69) is 68.6 Å². The van der Waals surface area contributed by atoms with Crippen molar-refractivity contribution in [2.45, 2.75) is 33.2 Å². The van der Waals surface area contributed by atoms with E-state index in [0.717, 1.165) is 29.1 Å². The Kier molecular flexibility index (Phi) is 5.22. The SMILES string of the molecule is CCNC(c1ccc(CC)cc1)c1cccc(C)c1Cl. The van der Waals surface area contributed by atoms with Crippen LogP contribution in [0.15, 0.2) is 42.5 Å². The zero-order valence-electron chi connectivity index (χ0n) is 12.4. The van der Waals surface area contributed by atoms with E-state index in [4.69, 9.17) is 11.6 Å². The highest BCUT2D eigenvalue weighted by atomic mass is 35.5. The maximum absolute atomic E-state index is 6.49. The standard InChI is InChI=1S/C18H22ClN/c1-4-14-9-11-15(12-10-14)18(20-5-2)16-8-6-7-13(3)17(16)19/h6-12,18,20H,4-5H2,1-3H3. The fourth-order valence-corrected chi connectivity index (χ4v) is 2.69. The van der Waals surface area contributed by atoms with E-state index >= 15 is 0 Å². The molecule has 2 aromatic rings. The third kappa shape index (κ3) is 3.23. The molecule has 0 saturated heterocycles. The van der Waals surface area contributed by atoms with Crippen LogP contribution in [-0.4, -0.2) is 6.54 Å². The van der Waals surface area contributed by atoms with Crippen LogP contribution in [0.2, 0.25) is 5.02 Å². The van der Waals surface area contributed by atoms with E-state index in [9.17, 15) is 0 Å². The normalized spacial score (nSPS) is 12.4. The first-order chi connectivity index (χ1) is 9.67. The topological polar surface area (TPSA) is 12.0 Å². The predicted octanol–water partition coefficient (Wildman–Crippen LogP) is 4.91. The first kappa shape index (κ1) is 15.1. The highest BCUT2D eigenvalue weighted by Crippen LogP contribution is 2.30.